The van der Waals surface area contributed by atoms with E-state index in [1.165, 1.54) is 18.6 Å². The second kappa shape index (κ2) is 10.1. The Balaban J connectivity index is 1.29. The van der Waals surface area contributed by atoms with E-state index in [2.05, 4.69) is 15.5 Å². The molecule has 2 N–H and O–H groups in total. The van der Waals surface area contributed by atoms with Crippen LogP contribution in [0, 0.1) is 5.82 Å². The number of urea groups is 1. The van der Waals surface area contributed by atoms with Crippen molar-refractivity contribution >= 4 is 23.6 Å². The summed E-state index contributed by atoms with van der Waals surface area (Å²) in [5.41, 5.74) is 0.575. The minimum absolute atomic E-state index is 0.0438. The minimum atomic E-state index is -0.321. The Kier molecular flexibility index (Phi) is 7.52. The lowest BCUT2D eigenvalue weighted by Crippen LogP contribution is -2.49. The van der Waals surface area contributed by atoms with E-state index in [1.54, 1.807) is 12.1 Å². The Morgan fingerprint density at radius 2 is 1.85 bits per heavy atom. The number of piperidine rings is 1. The first-order valence-electron chi connectivity index (χ1n) is 9.80. The van der Waals surface area contributed by atoms with Gasteiger partial charge in [-0.25, -0.2) is 9.18 Å². The third kappa shape index (κ3) is 6.50. The van der Waals surface area contributed by atoms with Gasteiger partial charge in [-0.3, -0.25) is 4.79 Å². The van der Waals surface area contributed by atoms with Crippen LogP contribution in [0.4, 0.5) is 9.18 Å². The molecule has 2 fully saturated rings. The quantitative estimate of drug-likeness (QED) is 0.697. The van der Waals surface area contributed by atoms with E-state index < -0.39 is 0 Å². The van der Waals surface area contributed by atoms with Crippen molar-refractivity contribution in [3.8, 4) is 0 Å². The molecule has 2 aliphatic rings. The van der Waals surface area contributed by atoms with Crippen molar-refractivity contribution in [2.75, 3.05) is 25.4 Å². The van der Waals surface area contributed by atoms with Crippen molar-refractivity contribution in [2.24, 2.45) is 0 Å². The maximum atomic E-state index is 12.9. The molecule has 1 aromatic carbocycles. The maximum Gasteiger partial charge on any atom is 0.315 e. The van der Waals surface area contributed by atoms with Crippen LogP contribution in [-0.4, -0.2) is 53.5 Å². The summed E-state index contributed by atoms with van der Waals surface area (Å²) in [5, 5.41) is 6.40. The summed E-state index contributed by atoms with van der Waals surface area (Å²) in [6.45, 7) is 2.76. The van der Waals surface area contributed by atoms with Crippen molar-refractivity contribution in [2.45, 2.75) is 49.9 Å². The third-order valence-electron chi connectivity index (χ3n) is 5.19. The number of nitrogens with one attached hydrogen (secondary N) is 2. The van der Waals surface area contributed by atoms with Crippen LogP contribution in [0.3, 0.4) is 0 Å². The molecule has 2 aliphatic heterocycles. The number of benzene rings is 1. The lowest BCUT2D eigenvalue weighted by Gasteiger charge is -2.32. The van der Waals surface area contributed by atoms with Crippen LogP contribution in [0.5, 0.6) is 0 Å². The molecule has 2 heterocycles. The van der Waals surface area contributed by atoms with Crippen molar-refractivity contribution in [3.05, 3.63) is 35.6 Å². The summed E-state index contributed by atoms with van der Waals surface area (Å²) in [7, 11) is 0. The second-order valence-corrected chi connectivity index (χ2v) is 8.58. The van der Waals surface area contributed by atoms with Gasteiger partial charge >= 0.3 is 6.03 Å². The zero-order valence-corrected chi connectivity index (χ0v) is 16.4. The lowest BCUT2D eigenvalue weighted by atomic mass is 10.0. The molecular weight excluding hydrogens is 365 g/mol. The Bertz CT molecular complexity index is 627. The molecular formula is C20H28FN3O2S. The van der Waals surface area contributed by atoms with Crippen LogP contribution < -0.4 is 10.6 Å². The molecule has 148 valence electrons. The highest BCUT2D eigenvalue weighted by molar-refractivity contribution is 8.00. The van der Waals surface area contributed by atoms with E-state index in [0.29, 0.717) is 12.0 Å². The molecule has 27 heavy (non-hydrogen) atoms. The summed E-state index contributed by atoms with van der Waals surface area (Å²) in [6, 6.07) is 5.93. The minimum Gasteiger partial charge on any atom is -0.335 e. The van der Waals surface area contributed by atoms with Gasteiger partial charge in [-0.15, -0.1) is 11.8 Å². The number of thioether (sulfide) groups is 1. The normalized spacial score (nSPS) is 21.1. The average Bonchev–Trinajstić information content (AvgIpc) is 3.16. The highest BCUT2D eigenvalue weighted by atomic mass is 32.2. The van der Waals surface area contributed by atoms with Gasteiger partial charge in [0.1, 0.15) is 5.82 Å². The van der Waals surface area contributed by atoms with E-state index in [9.17, 15) is 14.0 Å². The number of likely N-dealkylation sites (tertiary alicyclic amines) is 1. The molecule has 2 amide bonds. The summed E-state index contributed by atoms with van der Waals surface area (Å²) < 4.78 is 12.9. The second-order valence-electron chi connectivity index (χ2n) is 7.27. The fraction of sp³-hybridized carbons (Fsp3) is 0.600. The molecule has 1 atom stereocenters. The van der Waals surface area contributed by atoms with Crippen molar-refractivity contribution < 1.29 is 14.0 Å². The van der Waals surface area contributed by atoms with E-state index >= 15 is 0 Å². The molecule has 2 saturated heterocycles. The van der Waals surface area contributed by atoms with Gasteiger partial charge in [0.25, 0.3) is 0 Å². The fourth-order valence-electron chi connectivity index (χ4n) is 3.61. The first kappa shape index (κ1) is 20.1. The highest BCUT2D eigenvalue weighted by Gasteiger charge is 2.23. The molecule has 1 aromatic rings. The number of Topliss-reactive ketones (excluding diaryl/α,β-unsaturated/α-hetero) is 1. The van der Waals surface area contributed by atoms with E-state index in [4.69, 9.17) is 0 Å². The first-order chi connectivity index (χ1) is 13.1. The van der Waals surface area contributed by atoms with Crippen molar-refractivity contribution in [1.82, 2.24) is 15.5 Å². The van der Waals surface area contributed by atoms with Gasteiger partial charge in [-0.05, 0) is 68.7 Å². The van der Waals surface area contributed by atoms with E-state index in [1.807, 2.05) is 11.8 Å². The third-order valence-corrected chi connectivity index (χ3v) is 6.47. The number of ketones is 1. The summed E-state index contributed by atoms with van der Waals surface area (Å²) in [4.78, 5) is 26.5. The van der Waals surface area contributed by atoms with Gasteiger partial charge in [0.05, 0.1) is 5.37 Å². The number of hydrogen-bond acceptors (Lipinski definition) is 4. The van der Waals surface area contributed by atoms with E-state index in [0.717, 1.165) is 51.1 Å². The van der Waals surface area contributed by atoms with Crippen LogP contribution in [0.2, 0.25) is 0 Å². The number of halogens is 1. The van der Waals surface area contributed by atoms with Crippen LogP contribution in [0.1, 0.15) is 48.9 Å². The van der Waals surface area contributed by atoms with Crippen LogP contribution in [0.15, 0.2) is 24.3 Å². The number of rotatable bonds is 7. The van der Waals surface area contributed by atoms with Gasteiger partial charge < -0.3 is 15.5 Å². The Morgan fingerprint density at radius 3 is 2.52 bits per heavy atom. The Hall–Kier alpha value is -1.60. The molecule has 0 aliphatic carbocycles. The van der Waals surface area contributed by atoms with Crippen LogP contribution >= 0.6 is 11.8 Å². The molecule has 0 saturated carbocycles. The molecule has 7 heteroatoms. The predicted molar refractivity (Wildman–Crippen MR) is 107 cm³/mol. The molecule has 3 rings (SSSR count). The maximum absolute atomic E-state index is 12.9. The van der Waals surface area contributed by atoms with E-state index in [-0.39, 0.29) is 29.0 Å². The Morgan fingerprint density at radius 1 is 1.11 bits per heavy atom. The van der Waals surface area contributed by atoms with Gasteiger partial charge in [0.15, 0.2) is 5.78 Å². The molecule has 0 radical (unpaired) electrons. The zero-order valence-electron chi connectivity index (χ0n) is 15.6. The van der Waals surface area contributed by atoms with Crippen molar-refractivity contribution in [3.63, 3.8) is 0 Å². The Labute approximate surface area is 164 Å². The number of nitrogens with zero attached hydrogens (tertiary/aromatic N) is 1. The SMILES string of the molecule is O=C(NC1CCN(CCCC(=O)c2ccc(F)cc2)CC1)NC1CCCS1. The molecule has 5 nitrogen and oxygen atoms in total. The van der Waals surface area contributed by atoms with Crippen molar-refractivity contribution in [1.29, 1.82) is 0 Å². The standard InChI is InChI=1S/C20H28FN3O2S/c21-16-7-5-15(6-8-16)18(25)3-1-11-24-12-9-17(10-13-24)22-20(26)23-19-4-2-14-27-19/h5-8,17,19H,1-4,9-14H2,(H2,22,23,26). The summed E-state index contributed by atoms with van der Waals surface area (Å²) in [6.07, 6.45) is 5.40. The number of hydrogen-bond donors (Lipinski definition) is 2. The number of amides is 2. The predicted octanol–water partition coefficient (Wildman–Crippen LogP) is 3.41. The van der Waals surface area contributed by atoms with Gasteiger partial charge in [-0.2, -0.15) is 0 Å². The molecule has 0 bridgehead atoms. The fourth-order valence-corrected chi connectivity index (χ4v) is 4.75. The number of carbonyl (C=O) groups is 2. The van der Waals surface area contributed by atoms with Gasteiger partial charge in [-0.1, -0.05) is 0 Å². The van der Waals surface area contributed by atoms with Gasteiger partial charge in [0, 0.05) is 31.1 Å². The first-order valence-corrected chi connectivity index (χ1v) is 10.8. The monoisotopic (exact) mass is 393 g/mol. The van der Waals surface area contributed by atoms with Crippen LogP contribution in [0.25, 0.3) is 0 Å². The zero-order chi connectivity index (χ0) is 19.1. The number of carbonyl (C=O) groups excluding carboxylic acids is 2. The average molecular weight is 394 g/mol. The molecule has 0 spiro atoms. The molecule has 0 aromatic heterocycles. The topological polar surface area (TPSA) is 61.4 Å². The summed E-state index contributed by atoms with van der Waals surface area (Å²) >= 11 is 1.82. The largest absolute Gasteiger partial charge is 0.335 e. The molecule has 1 unspecified atom stereocenters. The lowest BCUT2D eigenvalue weighted by molar-refractivity contribution is 0.0971. The highest BCUT2D eigenvalue weighted by Crippen LogP contribution is 2.23. The smallest absolute Gasteiger partial charge is 0.315 e. The van der Waals surface area contributed by atoms with Crippen LogP contribution in [-0.2, 0) is 0 Å². The van der Waals surface area contributed by atoms with Gasteiger partial charge in [0.2, 0.25) is 0 Å². The summed E-state index contributed by atoms with van der Waals surface area (Å²) in [5.74, 6) is 0.874.